The SMILES string of the molecule is CC(=O)c1cccc(NCC2(CN)CCC2)c1. The second-order valence-corrected chi connectivity index (χ2v) is 5.05. The van der Waals surface area contributed by atoms with Gasteiger partial charge in [0.1, 0.15) is 0 Å². The third-order valence-electron chi connectivity index (χ3n) is 3.78. The molecule has 0 unspecified atom stereocenters. The van der Waals surface area contributed by atoms with Crippen molar-refractivity contribution in [1.29, 1.82) is 0 Å². The molecule has 0 bridgehead atoms. The van der Waals surface area contributed by atoms with Crippen molar-refractivity contribution in [1.82, 2.24) is 0 Å². The van der Waals surface area contributed by atoms with Gasteiger partial charge < -0.3 is 11.1 Å². The van der Waals surface area contributed by atoms with E-state index in [1.807, 2.05) is 24.3 Å². The number of ketones is 1. The van der Waals surface area contributed by atoms with Crippen molar-refractivity contribution in [3.8, 4) is 0 Å². The highest BCUT2D eigenvalue weighted by atomic mass is 16.1. The minimum absolute atomic E-state index is 0.103. The molecule has 0 heterocycles. The normalized spacial score (nSPS) is 17.3. The van der Waals surface area contributed by atoms with Crippen LogP contribution in [-0.4, -0.2) is 18.9 Å². The molecule has 0 radical (unpaired) electrons. The maximum Gasteiger partial charge on any atom is 0.159 e. The average Bonchev–Trinajstić information content (AvgIpc) is 2.28. The van der Waals surface area contributed by atoms with Crippen LogP contribution >= 0.6 is 0 Å². The molecule has 0 saturated heterocycles. The zero-order valence-corrected chi connectivity index (χ0v) is 10.3. The number of hydrogen-bond donors (Lipinski definition) is 2. The minimum Gasteiger partial charge on any atom is -0.384 e. The molecule has 3 heteroatoms. The summed E-state index contributed by atoms with van der Waals surface area (Å²) in [6.07, 6.45) is 3.71. The summed E-state index contributed by atoms with van der Waals surface area (Å²) in [7, 11) is 0. The fourth-order valence-electron chi connectivity index (χ4n) is 2.27. The van der Waals surface area contributed by atoms with E-state index >= 15 is 0 Å². The zero-order valence-electron chi connectivity index (χ0n) is 10.3. The van der Waals surface area contributed by atoms with Gasteiger partial charge in [0.05, 0.1) is 0 Å². The van der Waals surface area contributed by atoms with Crippen LogP contribution in [0.5, 0.6) is 0 Å². The Morgan fingerprint density at radius 3 is 2.76 bits per heavy atom. The van der Waals surface area contributed by atoms with Crippen LogP contribution in [0.25, 0.3) is 0 Å². The Bertz CT molecular complexity index is 405. The summed E-state index contributed by atoms with van der Waals surface area (Å²) in [5, 5.41) is 3.40. The Morgan fingerprint density at radius 2 is 2.24 bits per heavy atom. The van der Waals surface area contributed by atoms with Crippen LogP contribution in [0.2, 0.25) is 0 Å². The molecule has 1 saturated carbocycles. The topological polar surface area (TPSA) is 55.1 Å². The molecule has 92 valence electrons. The van der Waals surface area contributed by atoms with Crippen molar-refractivity contribution < 1.29 is 4.79 Å². The Morgan fingerprint density at radius 1 is 1.47 bits per heavy atom. The molecule has 3 N–H and O–H groups in total. The van der Waals surface area contributed by atoms with E-state index in [4.69, 9.17) is 5.73 Å². The number of anilines is 1. The predicted molar refractivity (Wildman–Crippen MR) is 70.3 cm³/mol. The average molecular weight is 232 g/mol. The van der Waals surface area contributed by atoms with Crippen molar-refractivity contribution in [2.24, 2.45) is 11.1 Å². The largest absolute Gasteiger partial charge is 0.384 e. The van der Waals surface area contributed by atoms with Crippen LogP contribution < -0.4 is 11.1 Å². The van der Waals surface area contributed by atoms with Crippen LogP contribution in [0.4, 0.5) is 5.69 Å². The lowest BCUT2D eigenvalue weighted by Gasteiger charge is -2.41. The number of carbonyl (C=O) groups excluding carboxylic acids is 1. The van der Waals surface area contributed by atoms with Crippen LogP contribution in [-0.2, 0) is 0 Å². The molecule has 0 atom stereocenters. The highest BCUT2D eigenvalue weighted by Crippen LogP contribution is 2.39. The third-order valence-corrected chi connectivity index (χ3v) is 3.78. The second-order valence-electron chi connectivity index (χ2n) is 5.05. The summed E-state index contributed by atoms with van der Waals surface area (Å²) in [6.45, 7) is 3.24. The molecule has 2 rings (SSSR count). The van der Waals surface area contributed by atoms with Crippen molar-refractivity contribution in [2.75, 3.05) is 18.4 Å². The summed E-state index contributed by atoms with van der Waals surface area (Å²) in [4.78, 5) is 11.3. The van der Waals surface area contributed by atoms with E-state index in [9.17, 15) is 4.79 Å². The number of carbonyl (C=O) groups is 1. The molecule has 1 aliphatic rings. The number of rotatable bonds is 5. The van der Waals surface area contributed by atoms with Crippen LogP contribution in [0.3, 0.4) is 0 Å². The Balaban J connectivity index is 1.99. The maximum absolute atomic E-state index is 11.3. The van der Waals surface area contributed by atoms with Gasteiger partial charge in [0.2, 0.25) is 0 Å². The molecule has 0 spiro atoms. The summed E-state index contributed by atoms with van der Waals surface area (Å²) in [5.74, 6) is 0.103. The number of nitrogens with one attached hydrogen (secondary N) is 1. The van der Waals surface area contributed by atoms with E-state index in [1.54, 1.807) is 6.92 Å². The van der Waals surface area contributed by atoms with Gasteiger partial charge in [0, 0.05) is 17.8 Å². The second kappa shape index (κ2) is 4.88. The standard InChI is InChI=1S/C14H20N2O/c1-11(17)12-4-2-5-13(8-12)16-10-14(9-15)6-3-7-14/h2,4-5,8,16H,3,6-7,9-10,15H2,1H3. The highest BCUT2D eigenvalue weighted by Gasteiger charge is 2.35. The molecule has 0 amide bonds. The number of benzene rings is 1. The minimum atomic E-state index is 0.103. The third kappa shape index (κ3) is 2.67. The summed E-state index contributed by atoms with van der Waals surface area (Å²) in [6, 6.07) is 7.66. The first-order chi connectivity index (χ1) is 8.15. The van der Waals surface area contributed by atoms with Gasteiger partial charge in [0.25, 0.3) is 0 Å². The Labute approximate surface area is 102 Å². The number of hydrogen-bond acceptors (Lipinski definition) is 3. The van der Waals surface area contributed by atoms with Gasteiger partial charge in [-0.1, -0.05) is 18.6 Å². The lowest BCUT2D eigenvalue weighted by Crippen LogP contribution is -2.42. The quantitative estimate of drug-likeness (QED) is 0.767. The van der Waals surface area contributed by atoms with E-state index < -0.39 is 0 Å². The van der Waals surface area contributed by atoms with Crippen LogP contribution in [0.1, 0.15) is 36.5 Å². The predicted octanol–water partition coefficient (Wildman–Crippen LogP) is 2.43. The van der Waals surface area contributed by atoms with Gasteiger partial charge >= 0.3 is 0 Å². The molecule has 1 aromatic carbocycles. The van der Waals surface area contributed by atoms with Gasteiger partial charge in [-0.25, -0.2) is 0 Å². The molecule has 17 heavy (non-hydrogen) atoms. The van der Waals surface area contributed by atoms with E-state index in [0.717, 1.165) is 24.3 Å². The van der Waals surface area contributed by atoms with Gasteiger partial charge in [-0.3, -0.25) is 4.79 Å². The Hall–Kier alpha value is -1.35. The fourth-order valence-corrected chi connectivity index (χ4v) is 2.27. The van der Waals surface area contributed by atoms with Gasteiger partial charge in [0.15, 0.2) is 5.78 Å². The molecule has 1 fully saturated rings. The van der Waals surface area contributed by atoms with Crippen molar-refractivity contribution in [3.63, 3.8) is 0 Å². The summed E-state index contributed by atoms with van der Waals surface area (Å²) in [5.41, 5.74) is 7.87. The van der Waals surface area contributed by atoms with Crippen molar-refractivity contribution in [2.45, 2.75) is 26.2 Å². The molecule has 3 nitrogen and oxygen atoms in total. The first-order valence-electron chi connectivity index (χ1n) is 6.20. The molecule has 0 aliphatic heterocycles. The number of Topliss-reactive ketones (excluding diaryl/α,β-unsaturated/α-hetero) is 1. The van der Waals surface area contributed by atoms with E-state index in [2.05, 4.69) is 5.32 Å². The van der Waals surface area contributed by atoms with Gasteiger partial charge in [-0.2, -0.15) is 0 Å². The van der Waals surface area contributed by atoms with Crippen LogP contribution in [0, 0.1) is 5.41 Å². The van der Waals surface area contributed by atoms with Crippen molar-refractivity contribution in [3.05, 3.63) is 29.8 Å². The summed E-state index contributed by atoms with van der Waals surface area (Å²) >= 11 is 0. The fraction of sp³-hybridized carbons (Fsp3) is 0.500. The molecule has 1 aliphatic carbocycles. The monoisotopic (exact) mass is 232 g/mol. The molecule has 0 aromatic heterocycles. The highest BCUT2D eigenvalue weighted by molar-refractivity contribution is 5.94. The maximum atomic E-state index is 11.3. The summed E-state index contributed by atoms with van der Waals surface area (Å²) < 4.78 is 0. The number of nitrogens with two attached hydrogens (primary N) is 1. The van der Waals surface area contributed by atoms with Gasteiger partial charge in [-0.05, 0) is 43.9 Å². The van der Waals surface area contributed by atoms with E-state index in [-0.39, 0.29) is 11.2 Å². The first-order valence-corrected chi connectivity index (χ1v) is 6.20. The molecular formula is C14H20N2O. The lowest BCUT2D eigenvalue weighted by atomic mass is 9.69. The Kier molecular flexibility index (Phi) is 3.48. The lowest BCUT2D eigenvalue weighted by molar-refractivity contribution is 0.101. The molecular weight excluding hydrogens is 212 g/mol. The van der Waals surface area contributed by atoms with E-state index in [0.29, 0.717) is 0 Å². The molecule has 1 aromatic rings. The van der Waals surface area contributed by atoms with Crippen molar-refractivity contribution >= 4 is 11.5 Å². The van der Waals surface area contributed by atoms with Crippen LogP contribution in [0.15, 0.2) is 24.3 Å². The smallest absolute Gasteiger partial charge is 0.159 e. The van der Waals surface area contributed by atoms with Gasteiger partial charge in [-0.15, -0.1) is 0 Å². The first kappa shape index (κ1) is 12.1. The zero-order chi connectivity index (χ0) is 12.3. The van der Waals surface area contributed by atoms with E-state index in [1.165, 1.54) is 19.3 Å².